The molecule has 0 bridgehead atoms. The summed E-state index contributed by atoms with van der Waals surface area (Å²) < 4.78 is 5.06. The van der Waals surface area contributed by atoms with Crippen LogP contribution in [0.3, 0.4) is 0 Å². The van der Waals surface area contributed by atoms with Gasteiger partial charge in [0.25, 0.3) is 0 Å². The quantitative estimate of drug-likeness (QED) is 0.358. The Hall–Kier alpha value is -3.92. The first kappa shape index (κ1) is 24.4. The highest BCUT2D eigenvalue weighted by Gasteiger charge is 2.29. The lowest BCUT2D eigenvalue weighted by Gasteiger charge is -2.23. The van der Waals surface area contributed by atoms with Gasteiger partial charge in [-0.15, -0.1) is 0 Å². The molecule has 0 aromatic heterocycles. The van der Waals surface area contributed by atoms with Crippen LogP contribution in [0.4, 0.5) is 4.79 Å². The third kappa shape index (κ3) is 7.40. The first-order valence-corrected chi connectivity index (χ1v) is 9.74. The number of primary amides is 1. The summed E-state index contributed by atoms with van der Waals surface area (Å²) in [7, 11) is 0. The summed E-state index contributed by atoms with van der Waals surface area (Å²) in [6.07, 6.45) is -2.22. The number of rotatable bonds is 10. The largest absolute Gasteiger partial charge is 0.478 e. The highest BCUT2D eigenvalue weighted by atomic mass is 16.5. The van der Waals surface area contributed by atoms with Crippen LogP contribution < -0.4 is 16.4 Å². The normalized spacial score (nSPS) is 13.3. The van der Waals surface area contributed by atoms with E-state index in [1.165, 1.54) is 31.2 Å². The molecule has 2 aromatic rings. The molecule has 0 spiro atoms. The molecule has 6 N–H and O–H groups in total. The summed E-state index contributed by atoms with van der Waals surface area (Å²) >= 11 is 0. The summed E-state index contributed by atoms with van der Waals surface area (Å²) in [6.45, 7) is 1.27. The maximum absolute atomic E-state index is 12.6. The minimum atomic E-state index is -1.39. The number of aromatic carboxylic acids is 1. The predicted octanol–water partition coefficient (Wildman–Crippen LogP) is 0.573. The van der Waals surface area contributed by atoms with E-state index in [9.17, 15) is 24.3 Å². The first-order valence-electron chi connectivity index (χ1n) is 9.74. The van der Waals surface area contributed by atoms with Crippen molar-refractivity contribution >= 4 is 23.9 Å². The Balaban J connectivity index is 1.99. The lowest BCUT2D eigenvalue weighted by molar-refractivity contribution is -0.130. The molecule has 0 unspecified atom stereocenters. The Kier molecular flexibility index (Phi) is 8.72. The maximum Gasteiger partial charge on any atom is 0.408 e. The molecule has 0 aliphatic rings. The summed E-state index contributed by atoms with van der Waals surface area (Å²) in [4.78, 5) is 47.5. The van der Waals surface area contributed by atoms with E-state index in [2.05, 4.69) is 10.6 Å². The van der Waals surface area contributed by atoms with Crippen LogP contribution in [0.2, 0.25) is 0 Å². The van der Waals surface area contributed by atoms with E-state index >= 15 is 0 Å². The van der Waals surface area contributed by atoms with E-state index in [0.717, 1.165) is 5.56 Å². The van der Waals surface area contributed by atoms with Crippen LogP contribution in [0, 0.1) is 0 Å². The Bertz CT molecular complexity index is 946. The molecule has 0 heterocycles. The number of aliphatic hydroxyl groups is 1. The van der Waals surface area contributed by atoms with E-state index in [4.69, 9.17) is 15.6 Å². The smallest absolute Gasteiger partial charge is 0.408 e. The van der Waals surface area contributed by atoms with Crippen molar-refractivity contribution in [1.82, 2.24) is 10.6 Å². The van der Waals surface area contributed by atoms with Gasteiger partial charge in [0.15, 0.2) is 0 Å². The standard InChI is InChI=1S/C22H25N3O7/c1-13(26)18(25-22(31)32-12-15-5-3-2-4-6-15)20(28)24-17(19(23)27)11-14-7-9-16(10-8-14)21(29)30/h2-10,13,17-18,26H,11-12H2,1H3,(H2,23,27)(H,24,28)(H,25,31)(H,29,30)/t13-,17-,18+/m1/s1. The fourth-order valence-corrected chi connectivity index (χ4v) is 2.80. The summed E-state index contributed by atoms with van der Waals surface area (Å²) in [6, 6.07) is 12.1. The number of ether oxygens (including phenoxy) is 1. The number of hydrogen-bond donors (Lipinski definition) is 5. The van der Waals surface area contributed by atoms with Gasteiger partial charge >= 0.3 is 12.1 Å². The van der Waals surface area contributed by atoms with Gasteiger partial charge in [0.1, 0.15) is 18.7 Å². The highest BCUT2D eigenvalue weighted by molar-refractivity contribution is 5.91. The molecule has 0 aliphatic carbocycles. The van der Waals surface area contributed by atoms with Crippen molar-refractivity contribution in [3.8, 4) is 0 Å². The average molecular weight is 443 g/mol. The van der Waals surface area contributed by atoms with Gasteiger partial charge < -0.3 is 31.3 Å². The summed E-state index contributed by atoms with van der Waals surface area (Å²) in [5.74, 6) is -2.76. The maximum atomic E-state index is 12.6. The molecule has 3 amide bonds. The Labute approximate surface area is 184 Å². The third-order valence-electron chi connectivity index (χ3n) is 4.55. The van der Waals surface area contributed by atoms with Crippen molar-refractivity contribution in [2.24, 2.45) is 5.73 Å². The number of nitrogens with two attached hydrogens (primary N) is 1. The second-order valence-electron chi connectivity index (χ2n) is 7.09. The fraction of sp³-hybridized carbons (Fsp3) is 0.273. The molecule has 0 fully saturated rings. The first-order chi connectivity index (χ1) is 15.2. The number of carbonyl (C=O) groups is 4. The van der Waals surface area contributed by atoms with E-state index in [-0.39, 0.29) is 18.6 Å². The van der Waals surface area contributed by atoms with Crippen LogP contribution in [-0.4, -0.2) is 52.3 Å². The van der Waals surface area contributed by atoms with Gasteiger partial charge in [0.2, 0.25) is 11.8 Å². The summed E-state index contributed by atoms with van der Waals surface area (Å²) in [5.41, 5.74) is 6.75. The van der Waals surface area contributed by atoms with E-state index in [1.54, 1.807) is 24.3 Å². The minimum Gasteiger partial charge on any atom is -0.478 e. The summed E-state index contributed by atoms with van der Waals surface area (Å²) in [5, 5.41) is 23.6. The number of hydrogen-bond acceptors (Lipinski definition) is 6. The molecule has 0 saturated heterocycles. The third-order valence-corrected chi connectivity index (χ3v) is 4.55. The van der Waals surface area contributed by atoms with Gasteiger partial charge in [0.05, 0.1) is 11.7 Å². The molecule has 2 rings (SSSR count). The molecule has 32 heavy (non-hydrogen) atoms. The number of benzene rings is 2. The van der Waals surface area contributed by atoms with Gasteiger partial charge in [0, 0.05) is 6.42 Å². The van der Waals surface area contributed by atoms with Crippen LogP contribution in [0.5, 0.6) is 0 Å². The van der Waals surface area contributed by atoms with Gasteiger partial charge in [-0.1, -0.05) is 42.5 Å². The van der Waals surface area contributed by atoms with Gasteiger partial charge in [-0.05, 0) is 30.2 Å². The minimum absolute atomic E-state index is 0.00798. The number of amides is 3. The van der Waals surface area contributed by atoms with Crippen LogP contribution in [0.25, 0.3) is 0 Å². The zero-order valence-corrected chi connectivity index (χ0v) is 17.4. The van der Waals surface area contributed by atoms with E-state index in [1.807, 2.05) is 6.07 Å². The van der Waals surface area contributed by atoms with Crippen molar-refractivity contribution in [2.45, 2.75) is 38.1 Å². The monoisotopic (exact) mass is 443 g/mol. The molecular weight excluding hydrogens is 418 g/mol. The van der Waals surface area contributed by atoms with Crippen molar-refractivity contribution in [2.75, 3.05) is 0 Å². The molecular formula is C22H25N3O7. The number of carbonyl (C=O) groups excluding carboxylic acids is 3. The van der Waals surface area contributed by atoms with Crippen molar-refractivity contribution in [3.05, 3.63) is 71.3 Å². The molecule has 2 aromatic carbocycles. The van der Waals surface area contributed by atoms with Crippen LogP contribution in [-0.2, 0) is 27.4 Å². The van der Waals surface area contributed by atoms with Crippen LogP contribution >= 0.6 is 0 Å². The lowest BCUT2D eigenvalue weighted by atomic mass is 10.0. The van der Waals surface area contributed by atoms with Crippen LogP contribution in [0.15, 0.2) is 54.6 Å². The van der Waals surface area contributed by atoms with Gasteiger partial charge in [-0.3, -0.25) is 9.59 Å². The van der Waals surface area contributed by atoms with Crippen LogP contribution in [0.1, 0.15) is 28.4 Å². The molecule has 0 saturated carbocycles. The Morgan fingerprint density at radius 3 is 2.12 bits per heavy atom. The number of nitrogens with one attached hydrogen (secondary N) is 2. The Morgan fingerprint density at radius 2 is 1.59 bits per heavy atom. The van der Waals surface area contributed by atoms with Crippen molar-refractivity contribution in [3.63, 3.8) is 0 Å². The van der Waals surface area contributed by atoms with Crippen molar-refractivity contribution in [1.29, 1.82) is 0 Å². The zero-order valence-electron chi connectivity index (χ0n) is 17.4. The number of aliphatic hydroxyl groups excluding tert-OH is 1. The average Bonchev–Trinajstić information content (AvgIpc) is 2.76. The predicted molar refractivity (Wildman–Crippen MR) is 113 cm³/mol. The number of alkyl carbamates (subject to hydrolysis) is 1. The molecule has 10 nitrogen and oxygen atoms in total. The van der Waals surface area contributed by atoms with Crippen molar-refractivity contribution < 1.29 is 34.1 Å². The lowest BCUT2D eigenvalue weighted by Crippen LogP contribution is -2.57. The molecule has 10 heteroatoms. The topological polar surface area (TPSA) is 168 Å². The van der Waals surface area contributed by atoms with E-state index in [0.29, 0.717) is 5.56 Å². The van der Waals surface area contributed by atoms with Gasteiger partial charge in [-0.2, -0.15) is 0 Å². The molecule has 170 valence electrons. The molecule has 3 atom stereocenters. The highest BCUT2D eigenvalue weighted by Crippen LogP contribution is 2.08. The fourth-order valence-electron chi connectivity index (χ4n) is 2.80. The van der Waals surface area contributed by atoms with Gasteiger partial charge in [-0.25, -0.2) is 9.59 Å². The van der Waals surface area contributed by atoms with E-state index < -0.39 is 42.1 Å². The second-order valence-corrected chi connectivity index (χ2v) is 7.09. The number of carboxylic acids is 1. The number of carboxylic acid groups (broad SMARTS) is 1. The Morgan fingerprint density at radius 1 is 0.969 bits per heavy atom. The zero-order chi connectivity index (χ0) is 23.7. The second kappa shape index (κ2) is 11.5. The molecule has 0 aliphatic heterocycles. The molecule has 0 radical (unpaired) electrons. The SMILES string of the molecule is C[C@@H](O)[C@H](NC(=O)OCc1ccccc1)C(=O)N[C@H](Cc1ccc(C(=O)O)cc1)C(N)=O.